The number of anilines is 1. The summed E-state index contributed by atoms with van der Waals surface area (Å²) in [6.07, 6.45) is 3.90. The molecule has 0 amide bonds. The Hall–Kier alpha value is -1.58. The van der Waals surface area contributed by atoms with Gasteiger partial charge in [-0.05, 0) is 68.5 Å². The molecule has 1 aliphatic rings. The van der Waals surface area contributed by atoms with E-state index in [4.69, 9.17) is 23.2 Å². The molecule has 27 heavy (non-hydrogen) atoms. The Kier molecular flexibility index (Phi) is 5.83. The van der Waals surface area contributed by atoms with Crippen LogP contribution in [0.2, 0.25) is 10.0 Å². The monoisotopic (exact) mass is 406 g/mol. The predicted octanol–water partition coefficient (Wildman–Crippen LogP) is 7.39. The maximum Gasteiger partial charge on any atom is 0.141 e. The van der Waals surface area contributed by atoms with Crippen molar-refractivity contribution in [2.75, 3.05) is 11.4 Å². The molecule has 0 fully saturated rings. The fourth-order valence-electron chi connectivity index (χ4n) is 3.98. The second-order valence-electron chi connectivity index (χ2n) is 7.86. The van der Waals surface area contributed by atoms with Crippen molar-refractivity contribution in [3.8, 4) is 0 Å². The van der Waals surface area contributed by atoms with Crippen molar-refractivity contribution >= 4 is 40.8 Å². The van der Waals surface area contributed by atoms with E-state index in [0.29, 0.717) is 16.6 Å². The van der Waals surface area contributed by atoms with Crippen LogP contribution in [0, 0.1) is 5.82 Å². The van der Waals surface area contributed by atoms with Crippen LogP contribution in [0.1, 0.15) is 57.6 Å². The first kappa shape index (κ1) is 20.2. The van der Waals surface area contributed by atoms with Gasteiger partial charge in [-0.1, -0.05) is 37.0 Å². The Labute approximate surface area is 171 Å². The molecule has 1 heterocycles. The van der Waals surface area contributed by atoms with Crippen molar-refractivity contribution in [3.63, 3.8) is 0 Å². The van der Waals surface area contributed by atoms with E-state index in [0.717, 1.165) is 24.9 Å². The molecule has 5 heteroatoms. The fourth-order valence-corrected chi connectivity index (χ4v) is 4.36. The molecule has 0 radical (unpaired) electrons. The maximum absolute atomic E-state index is 13.3. The Balaban J connectivity index is 1.99. The molecule has 1 aliphatic heterocycles. The molecule has 1 atom stereocenters. The maximum atomic E-state index is 13.3. The SMILES string of the molecule is CCCN1c2cc(Cl)c(C=Nc3ccc(F)c(Cl)c3)cc2C(C)CC1(C)C. The van der Waals surface area contributed by atoms with Crippen LogP contribution in [0.15, 0.2) is 35.3 Å². The molecule has 0 saturated carbocycles. The predicted molar refractivity (Wildman–Crippen MR) is 115 cm³/mol. The minimum absolute atomic E-state index is 0.0623. The minimum atomic E-state index is -0.449. The molecule has 0 bridgehead atoms. The first-order chi connectivity index (χ1) is 12.7. The van der Waals surface area contributed by atoms with E-state index in [9.17, 15) is 4.39 Å². The second kappa shape index (κ2) is 7.81. The first-order valence-electron chi connectivity index (χ1n) is 9.33. The number of hydrogen-bond donors (Lipinski definition) is 0. The molecule has 3 rings (SSSR count). The minimum Gasteiger partial charge on any atom is -0.366 e. The summed E-state index contributed by atoms with van der Waals surface area (Å²) >= 11 is 12.4. The van der Waals surface area contributed by atoms with E-state index >= 15 is 0 Å². The zero-order chi connectivity index (χ0) is 19.8. The summed E-state index contributed by atoms with van der Waals surface area (Å²) in [5, 5.41) is 0.726. The zero-order valence-electron chi connectivity index (χ0n) is 16.2. The van der Waals surface area contributed by atoms with Gasteiger partial charge in [0.2, 0.25) is 0 Å². The zero-order valence-corrected chi connectivity index (χ0v) is 17.7. The molecule has 0 spiro atoms. The summed E-state index contributed by atoms with van der Waals surface area (Å²) in [5.41, 5.74) is 4.07. The highest BCUT2D eigenvalue weighted by Crippen LogP contribution is 2.45. The van der Waals surface area contributed by atoms with Gasteiger partial charge in [0.25, 0.3) is 0 Å². The summed E-state index contributed by atoms with van der Waals surface area (Å²) in [6.45, 7) is 10.1. The second-order valence-corrected chi connectivity index (χ2v) is 8.67. The quantitative estimate of drug-likeness (QED) is 0.483. The molecule has 2 aromatic rings. The normalized spacial score (nSPS) is 18.8. The van der Waals surface area contributed by atoms with Crippen LogP contribution >= 0.6 is 23.2 Å². The van der Waals surface area contributed by atoms with Crippen molar-refractivity contribution in [1.82, 2.24) is 0 Å². The Morgan fingerprint density at radius 1 is 1.22 bits per heavy atom. The summed E-state index contributed by atoms with van der Waals surface area (Å²) < 4.78 is 13.3. The van der Waals surface area contributed by atoms with Gasteiger partial charge >= 0.3 is 0 Å². The van der Waals surface area contributed by atoms with Gasteiger partial charge in [-0.3, -0.25) is 4.99 Å². The molecule has 2 nitrogen and oxygen atoms in total. The Morgan fingerprint density at radius 3 is 2.63 bits per heavy atom. The van der Waals surface area contributed by atoms with E-state index in [-0.39, 0.29) is 10.6 Å². The van der Waals surface area contributed by atoms with Gasteiger partial charge in [0.15, 0.2) is 0 Å². The molecular formula is C22H25Cl2FN2. The third kappa shape index (κ3) is 4.14. The van der Waals surface area contributed by atoms with E-state index in [1.54, 1.807) is 12.3 Å². The van der Waals surface area contributed by atoms with Gasteiger partial charge in [-0.25, -0.2) is 4.39 Å². The number of benzene rings is 2. The van der Waals surface area contributed by atoms with E-state index in [1.807, 2.05) is 0 Å². The molecule has 0 aromatic heterocycles. The van der Waals surface area contributed by atoms with Gasteiger partial charge in [-0.2, -0.15) is 0 Å². The third-order valence-corrected chi connectivity index (χ3v) is 5.82. The van der Waals surface area contributed by atoms with Gasteiger partial charge in [-0.15, -0.1) is 0 Å². The number of halogens is 3. The summed E-state index contributed by atoms with van der Waals surface area (Å²) in [6, 6.07) is 8.61. The first-order valence-corrected chi connectivity index (χ1v) is 10.1. The average molecular weight is 407 g/mol. The van der Waals surface area contributed by atoms with Crippen LogP contribution in [0.5, 0.6) is 0 Å². The highest BCUT2D eigenvalue weighted by molar-refractivity contribution is 6.33. The van der Waals surface area contributed by atoms with E-state index in [1.165, 1.54) is 23.4 Å². The number of aliphatic imine (C=N–C) groups is 1. The number of fused-ring (bicyclic) bond motifs is 1. The molecule has 0 N–H and O–H groups in total. The van der Waals surface area contributed by atoms with Crippen molar-refractivity contribution in [2.45, 2.75) is 52.0 Å². The van der Waals surface area contributed by atoms with Crippen LogP contribution in [0.25, 0.3) is 0 Å². The van der Waals surface area contributed by atoms with Crippen LogP contribution in [-0.2, 0) is 0 Å². The molecule has 1 unspecified atom stereocenters. The summed E-state index contributed by atoms with van der Waals surface area (Å²) in [7, 11) is 0. The number of rotatable bonds is 4. The van der Waals surface area contributed by atoms with Crippen molar-refractivity contribution in [3.05, 3.63) is 57.3 Å². The van der Waals surface area contributed by atoms with Gasteiger partial charge in [0.05, 0.1) is 15.7 Å². The summed E-state index contributed by atoms with van der Waals surface area (Å²) in [4.78, 5) is 6.89. The van der Waals surface area contributed by atoms with Crippen LogP contribution in [-0.4, -0.2) is 18.3 Å². The average Bonchev–Trinajstić information content (AvgIpc) is 2.59. The van der Waals surface area contributed by atoms with Gasteiger partial charge in [0.1, 0.15) is 5.82 Å². The Morgan fingerprint density at radius 2 is 1.96 bits per heavy atom. The Bertz CT molecular complexity index is 877. The lowest BCUT2D eigenvalue weighted by Gasteiger charge is -2.47. The van der Waals surface area contributed by atoms with Crippen LogP contribution in [0.3, 0.4) is 0 Å². The lowest BCUT2D eigenvalue weighted by Crippen LogP contribution is -2.48. The van der Waals surface area contributed by atoms with Crippen molar-refractivity contribution in [1.29, 1.82) is 0 Å². The van der Waals surface area contributed by atoms with Crippen LogP contribution in [0.4, 0.5) is 15.8 Å². The fraction of sp³-hybridized carbons (Fsp3) is 0.409. The lowest BCUT2D eigenvalue weighted by molar-refractivity contribution is 0.376. The standard InChI is InChI=1S/C22H25Cl2FN2/c1-5-8-27-21-11-18(23)15(9-17(21)14(2)12-22(27,3)4)13-26-16-6-7-20(25)19(24)10-16/h6-7,9-11,13-14H,5,8,12H2,1-4H3. The van der Waals surface area contributed by atoms with Gasteiger partial charge in [0, 0.05) is 29.5 Å². The number of nitrogens with zero attached hydrogens (tertiary/aromatic N) is 2. The van der Waals surface area contributed by atoms with Crippen LogP contribution < -0.4 is 4.90 Å². The van der Waals surface area contributed by atoms with E-state index < -0.39 is 5.82 Å². The largest absolute Gasteiger partial charge is 0.366 e. The number of hydrogen-bond acceptors (Lipinski definition) is 2. The van der Waals surface area contributed by atoms with Crippen molar-refractivity contribution < 1.29 is 4.39 Å². The molecule has 0 saturated heterocycles. The molecule has 2 aromatic carbocycles. The molecule has 0 aliphatic carbocycles. The smallest absolute Gasteiger partial charge is 0.141 e. The summed E-state index contributed by atoms with van der Waals surface area (Å²) in [5.74, 6) is -0.0114. The van der Waals surface area contributed by atoms with Crippen molar-refractivity contribution in [2.24, 2.45) is 4.99 Å². The molecule has 144 valence electrons. The highest BCUT2D eigenvalue weighted by atomic mass is 35.5. The van der Waals surface area contributed by atoms with Gasteiger partial charge < -0.3 is 4.90 Å². The lowest BCUT2D eigenvalue weighted by atomic mass is 9.79. The highest BCUT2D eigenvalue weighted by Gasteiger charge is 2.36. The third-order valence-electron chi connectivity index (χ3n) is 5.21. The topological polar surface area (TPSA) is 15.6 Å². The molecular weight excluding hydrogens is 382 g/mol. The van der Waals surface area contributed by atoms with E-state index in [2.05, 4.69) is 49.7 Å².